The Hall–Kier alpha value is -13.9. The first-order valence-corrected chi connectivity index (χ1v) is 33.8. The van der Waals surface area contributed by atoms with E-state index in [9.17, 15) is 11.8 Å². The van der Waals surface area contributed by atoms with Gasteiger partial charge in [0.15, 0.2) is 0 Å². The number of hydrogen-bond donors (Lipinski definition) is 0. The van der Waals surface area contributed by atoms with Crippen molar-refractivity contribution in [3.8, 4) is 62.4 Å². The maximum absolute atomic E-state index is 12.9. The number of rotatable bonds is 8. The van der Waals surface area contributed by atoms with Crippen LogP contribution < -0.4 is 0 Å². The molecule has 0 fully saturated rings. The molecule has 0 saturated heterocycles. The fourth-order valence-electron chi connectivity index (χ4n) is 16.9. The van der Waals surface area contributed by atoms with Crippen LogP contribution >= 0.6 is 0 Å². The fraction of sp³-hybridized carbons (Fsp3) is 0. The van der Waals surface area contributed by atoms with Crippen LogP contribution in [0.1, 0.15) is 5.56 Å². The maximum Gasteiger partial charge on any atom is 0.232 e. The standard InChI is InChI=1S/C92H54N8/c1-94-88-75(56-93)89(97-80-40-20-14-34-69(80)73-54-61(46-50-86(73)97)95-76-36-16-8-28-63(76)64-29-9-17-37-77(64)95)91(99-82-42-22-12-32-67(82)71-52-59(44-48-84(71)99)57-24-4-2-5-25-57)92(100-83-43-23-13-33-68(83)72-53-60(45-49-85(72)100)58-26-6-3-7-27-58)90(88)98-81-41-21-15-35-70(81)74-55-62(47-51-87(74)98)96-78-38-18-10-30-65(78)66-31-11-19-39-79(66)96/h2-55H. The molecule has 0 saturated carbocycles. The molecule has 0 unspecified atom stereocenters. The molecule has 0 aliphatic rings. The first kappa shape index (κ1) is 55.4. The molecule has 21 rings (SSSR count). The highest BCUT2D eigenvalue weighted by atomic mass is 15.2. The van der Waals surface area contributed by atoms with Gasteiger partial charge < -0.3 is 27.4 Å². The third-order valence-corrected chi connectivity index (χ3v) is 21.0. The van der Waals surface area contributed by atoms with Crippen molar-refractivity contribution in [1.29, 1.82) is 5.26 Å². The number of fused-ring (bicyclic) bond motifs is 18. The Bertz CT molecular complexity index is 6640. The van der Waals surface area contributed by atoms with Crippen molar-refractivity contribution in [2.24, 2.45) is 0 Å². The number of nitriles is 1. The largest absolute Gasteiger partial charge is 0.317 e. The van der Waals surface area contributed by atoms with Crippen molar-refractivity contribution in [3.05, 3.63) is 345 Å². The average Bonchev–Trinajstić information content (AvgIpc) is 1.46. The highest BCUT2D eigenvalue weighted by Gasteiger charge is 2.35. The second-order valence-electron chi connectivity index (χ2n) is 26.1. The molecule has 0 aliphatic heterocycles. The predicted octanol–water partition coefficient (Wildman–Crippen LogP) is 24.0. The van der Waals surface area contributed by atoms with E-state index in [2.05, 4.69) is 361 Å². The van der Waals surface area contributed by atoms with E-state index in [1.54, 1.807) is 0 Å². The SMILES string of the molecule is [C-]#[N+]c1c(C#N)c(-n2c3ccccc3c3cc(-n4c5ccccc5c5ccccc54)ccc32)c(-n2c3ccccc3c3cc(-c4ccccc4)ccc32)c(-n2c3ccccc3c3cc(-c4ccccc4)ccc32)c1-n1c2ccccc2c2cc(-n3c4ccccc4c4ccccc43)ccc21. The molecule has 0 radical (unpaired) electrons. The van der Waals surface area contributed by atoms with Crippen LogP contribution in [0.3, 0.4) is 0 Å². The minimum atomic E-state index is 0.220. The Kier molecular flexibility index (Phi) is 11.8. The van der Waals surface area contributed by atoms with Gasteiger partial charge in [0.05, 0.1) is 107 Å². The first-order chi connectivity index (χ1) is 49.6. The summed E-state index contributed by atoms with van der Waals surface area (Å²) in [5.41, 5.74) is 21.2. The van der Waals surface area contributed by atoms with Crippen LogP contribution in [0, 0.1) is 17.9 Å². The third kappa shape index (κ3) is 7.73. The second kappa shape index (κ2) is 21.3. The first-order valence-electron chi connectivity index (χ1n) is 33.8. The van der Waals surface area contributed by atoms with Crippen molar-refractivity contribution in [2.45, 2.75) is 0 Å². The zero-order valence-corrected chi connectivity index (χ0v) is 53.8. The van der Waals surface area contributed by atoms with Gasteiger partial charge in [0.2, 0.25) is 5.69 Å². The van der Waals surface area contributed by atoms with Gasteiger partial charge in [0.25, 0.3) is 0 Å². The minimum Gasteiger partial charge on any atom is -0.317 e. The molecule has 8 heteroatoms. The molecule has 0 atom stereocenters. The Morgan fingerprint density at radius 3 is 0.800 bits per heavy atom. The zero-order chi connectivity index (χ0) is 65.8. The van der Waals surface area contributed by atoms with Crippen molar-refractivity contribution >= 4 is 137 Å². The number of hydrogen-bond acceptors (Lipinski definition) is 1. The summed E-state index contributed by atoms with van der Waals surface area (Å²) in [6, 6.07) is 120. The van der Waals surface area contributed by atoms with E-state index in [1.165, 1.54) is 21.5 Å². The van der Waals surface area contributed by atoms with Crippen molar-refractivity contribution in [1.82, 2.24) is 27.4 Å². The van der Waals surface area contributed by atoms with Crippen molar-refractivity contribution < 1.29 is 0 Å². The number of aromatic nitrogens is 6. The molecule has 0 aliphatic carbocycles. The summed E-state index contributed by atoms with van der Waals surface area (Å²) in [5.74, 6) is 0. The van der Waals surface area contributed by atoms with Crippen LogP contribution in [0.15, 0.2) is 328 Å². The maximum atomic E-state index is 12.9. The summed E-state index contributed by atoms with van der Waals surface area (Å²) < 4.78 is 14.2. The van der Waals surface area contributed by atoms with Gasteiger partial charge in [-0.3, -0.25) is 0 Å². The van der Waals surface area contributed by atoms with Gasteiger partial charge in [0, 0.05) is 76.0 Å². The summed E-state index contributed by atoms with van der Waals surface area (Å²) in [5, 5.41) is 25.8. The van der Waals surface area contributed by atoms with Crippen LogP contribution in [-0.2, 0) is 0 Å². The number of nitrogens with zero attached hydrogens (tertiary/aromatic N) is 8. The number of para-hydroxylation sites is 8. The molecule has 0 bridgehead atoms. The summed E-state index contributed by atoms with van der Waals surface area (Å²) in [4.78, 5) is 4.81. The monoisotopic (exact) mass is 1270 g/mol. The van der Waals surface area contributed by atoms with Gasteiger partial charge in [-0.2, -0.15) is 5.26 Å². The van der Waals surface area contributed by atoms with E-state index in [0.29, 0.717) is 11.4 Å². The van der Waals surface area contributed by atoms with Gasteiger partial charge in [-0.25, -0.2) is 4.85 Å². The molecule has 6 aromatic heterocycles. The van der Waals surface area contributed by atoms with Gasteiger partial charge in [-0.15, -0.1) is 0 Å². The normalized spacial score (nSPS) is 12.0. The topological polar surface area (TPSA) is 57.7 Å². The fourth-order valence-corrected chi connectivity index (χ4v) is 16.9. The lowest BCUT2D eigenvalue weighted by molar-refractivity contribution is 1.02. The molecule has 0 N–H and O–H groups in total. The Morgan fingerprint density at radius 1 is 0.220 bits per heavy atom. The summed E-state index contributed by atoms with van der Waals surface area (Å²) >= 11 is 0. The lowest BCUT2D eigenvalue weighted by Crippen LogP contribution is -2.15. The van der Waals surface area contributed by atoms with Crippen LogP contribution in [0.2, 0.25) is 0 Å². The lowest BCUT2D eigenvalue weighted by atomic mass is 10.0. The molecular formula is C92H54N8. The zero-order valence-electron chi connectivity index (χ0n) is 53.8. The second-order valence-corrected chi connectivity index (χ2v) is 26.1. The van der Waals surface area contributed by atoms with E-state index in [0.717, 1.165) is 154 Å². The van der Waals surface area contributed by atoms with Gasteiger partial charge >= 0.3 is 0 Å². The van der Waals surface area contributed by atoms with Crippen LogP contribution in [0.4, 0.5) is 5.69 Å². The van der Waals surface area contributed by atoms with Crippen LogP contribution in [0.5, 0.6) is 0 Å². The van der Waals surface area contributed by atoms with E-state index in [-0.39, 0.29) is 11.3 Å². The van der Waals surface area contributed by atoms with E-state index in [4.69, 9.17) is 4.85 Å². The summed E-state index contributed by atoms with van der Waals surface area (Å²) in [7, 11) is 0. The van der Waals surface area contributed by atoms with Crippen molar-refractivity contribution in [3.63, 3.8) is 0 Å². The Labute approximate surface area is 572 Å². The van der Waals surface area contributed by atoms with Gasteiger partial charge in [0.1, 0.15) is 0 Å². The smallest absolute Gasteiger partial charge is 0.232 e. The molecule has 0 amide bonds. The van der Waals surface area contributed by atoms with Crippen molar-refractivity contribution in [2.75, 3.05) is 0 Å². The highest BCUT2D eigenvalue weighted by Crippen LogP contribution is 2.53. The Morgan fingerprint density at radius 2 is 0.470 bits per heavy atom. The minimum absolute atomic E-state index is 0.220. The van der Waals surface area contributed by atoms with E-state index < -0.39 is 0 Å². The predicted molar refractivity (Wildman–Crippen MR) is 414 cm³/mol. The van der Waals surface area contributed by atoms with E-state index in [1.807, 2.05) is 0 Å². The molecule has 6 heterocycles. The summed E-state index contributed by atoms with van der Waals surface area (Å²) in [6.07, 6.45) is 0. The third-order valence-electron chi connectivity index (χ3n) is 21.0. The molecule has 0 spiro atoms. The average molecular weight is 1270 g/mol. The van der Waals surface area contributed by atoms with E-state index >= 15 is 0 Å². The van der Waals surface area contributed by atoms with Gasteiger partial charge in [-0.05, 0) is 131 Å². The van der Waals surface area contributed by atoms with Crippen LogP contribution in [0.25, 0.3) is 192 Å². The molecule has 8 nitrogen and oxygen atoms in total. The molecule has 15 aromatic carbocycles. The lowest BCUT2D eigenvalue weighted by Gasteiger charge is -2.28. The van der Waals surface area contributed by atoms with Crippen LogP contribution in [-0.4, -0.2) is 27.4 Å². The Balaban J connectivity index is 0.976. The molecule has 21 aromatic rings. The molecule has 462 valence electrons. The highest BCUT2D eigenvalue weighted by molar-refractivity contribution is 6.19. The van der Waals surface area contributed by atoms with Gasteiger partial charge in [-0.1, -0.05) is 218 Å². The molecule has 100 heavy (non-hydrogen) atoms. The molecular weight excluding hydrogens is 1220 g/mol. The quantitative estimate of drug-likeness (QED) is 0.140. The number of benzene rings is 15. The summed E-state index contributed by atoms with van der Waals surface area (Å²) in [6.45, 7) is 10.0.